The highest BCUT2D eigenvalue weighted by atomic mass is 16.6. The average Bonchev–Trinajstić information content (AvgIpc) is 2.89. The first kappa shape index (κ1) is 19.3. The van der Waals surface area contributed by atoms with E-state index in [2.05, 4.69) is 29.5 Å². The van der Waals surface area contributed by atoms with E-state index in [9.17, 15) is 14.9 Å². The summed E-state index contributed by atoms with van der Waals surface area (Å²) in [5.41, 5.74) is 5.09. The topological polar surface area (TPSA) is 102 Å². The van der Waals surface area contributed by atoms with Gasteiger partial charge in [-0.05, 0) is 37.8 Å². The second-order valence-corrected chi connectivity index (χ2v) is 6.45. The number of carbonyl (C=O) groups excluding carboxylic acids is 1. The number of nitrogens with one attached hydrogen (secondary N) is 1. The Morgan fingerprint density at radius 2 is 1.88 bits per heavy atom. The van der Waals surface area contributed by atoms with E-state index in [0.29, 0.717) is 11.6 Å². The molecule has 0 saturated carbocycles. The first-order valence-corrected chi connectivity index (χ1v) is 8.35. The van der Waals surface area contributed by atoms with Crippen LogP contribution in [0.15, 0.2) is 29.4 Å². The van der Waals surface area contributed by atoms with Gasteiger partial charge in [-0.2, -0.15) is 10.2 Å². The number of carbonyl (C=O) groups is 1. The zero-order valence-electron chi connectivity index (χ0n) is 15.6. The van der Waals surface area contributed by atoms with E-state index in [1.54, 1.807) is 27.0 Å². The number of aromatic nitrogens is 2. The van der Waals surface area contributed by atoms with Crippen LogP contribution in [-0.2, 0) is 4.79 Å². The van der Waals surface area contributed by atoms with Crippen LogP contribution in [0.2, 0.25) is 0 Å². The van der Waals surface area contributed by atoms with Crippen molar-refractivity contribution in [2.24, 2.45) is 5.10 Å². The number of rotatable bonds is 6. The van der Waals surface area contributed by atoms with Gasteiger partial charge in [0.1, 0.15) is 17.4 Å². The lowest BCUT2D eigenvalue weighted by Crippen LogP contribution is -2.28. The number of benzene rings is 1. The SMILES string of the molecule is Cc1nn(C(C)C(=O)NN=Cc2ccc(C(C)C)cc2)c(C)c1[N+](=O)[O-]. The van der Waals surface area contributed by atoms with Crippen molar-refractivity contribution in [3.05, 3.63) is 56.9 Å². The Kier molecular flexibility index (Phi) is 5.86. The Bertz CT molecular complexity index is 837. The first-order chi connectivity index (χ1) is 12.2. The fourth-order valence-electron chi connectivity index (χ4n) is 2.64. The van der Waals surface area contributed by atoms with Crippen molar-refractivity contribution in [1.82, 2.24) is 15.2 Å². The normalized spacial score (nSPS) is 12.5. The number of aryl methyl sites for hydroxylation is 1. The molecule has 1 atom stereocenters. The molecule has 0 radical (unpaired) electrons. The highest BCUT2D eigenvalue weighted by Crippen LogP contribution is 2.24. The molecule has 0 spiro atoms. The van der Waals surface area contributed by atoms with Gasteiger partial charge in [0.2, 0.25) is 0 Å². The van der Waals surface area contributed by atoms with Crippen LogP contribution in [0.4, 0.5) is 5.69 Å². The molecule has 0 aliphatic heterocycles. The molecule has 26 heavy (non-hydrogen) atoms. The Balaban J connectivity index is 2.05. The summed E-state index contributed by atoms with van der Waals surface area (Å²) in [6.07, 6.45) is 1.55. The molecule has 2 rings (SSSR count). The summed E-state index contributed by atoms with van der Waals surface area (Å²) in [6.45, 7) is 8.97. The van der Waals surface area contributed by atoms with Gasteiger partial charge in [0.15, 0.2) is 0 Å². The maximum atomic E-state index is 12.3. The summed E-state index contributed by atoms with van der Waals surface area (Å²) >= 11 is 0. The van der Waals surface area contributed by atoms with E-state index in [4.69, 9.17) is 0 Å². The van der Waals surface area contributed by atoms with Crippen LogP contribution in [-0.4, -0.2) is 26.8 Å². The van der Waals surface area contributed by atoms with E-state index >= 15 is 0 Å². The van der Waals surface area contributed by atoms with Gasteiger partial charge in [-0.1, -0.05) is 38.1 Å². The lowest BCUT2D eigenvalue weighted by Gasteiger charge is -2.11. The second kappa shape index (κ2) is 7.90. The Labute approximate surface area is 152 Å². The fraction of sp³-hybridized carbons (Fsp3) is 0.389. The first-order valence-electron chi connectivity index (χ1n) is 8.35. The van der Waals surface area contributed by atoms with E-state index in [1.165, 1.54) is 10.2 Å². The minimum absolute atomic E-state index is 0.0709. The molecule has 1 aromatic heterocycles. The van der Waals surface area contributed by atoms with E-state index in [-0.39, 0.29) is 11.4 Å². The predicted octanol–water partition coefficient (Wildman–Crippen LogP) is 3.24. The lowest BCUT2D eigenvalue weighted by atomic mass is 10.0. The van der Waals surface area contributed by atoms with Crippen LogP contribution >= 0.6 is 0 Å². The molecule has 0 aliphatic rings. The molecule has 8 nitrogen and oxygen atoms in total. The van der Waals surface area contributed by atoms with E-state index in [1.807, 2.05) is 24.3 Å². The summed E-state index contributed by atoms with van der Waals surface area (Å²) in [5.74, 6) is 0.0481. The standard InChI is InChI=1S/C18H23N5O3/c1-11(2)16-8-6-15(7-9-16)10-19-20-18(24)14(5)22-13(4)17(23(25)26)12(3)21-22/h6-11,14H,1-5H3,(H,20,24). The minimum atomic E-state index is -0.720. The molecule has 1 unspecified atom stereocenters. The Hall–Kier alpha value is -3.03. The molecular formula is C18H23N5O3. The van der Waals surface area contributed by atoms with Crippen molar-refractivity contribution in [3.8, 4) is 0 Å². The fourth-order valence-corrected chi connectivity index (χ4v) is 2.64. The summed E-state index contributed by atoms with van der Waals surface area (Å²) in [4.78, 5) is 22.8. The van der Waals surface area contributed by atoms with Gasteiger partial charge in [-0.3, -0.25) is 19.6 Å². The van der Waals surface area contributed by atoms with E-state index < -0.39 is 16.9 Å². The molecule has 0 aliphatic carbocycles. The zero-order valence-corrected chi connectivity index (χ0v) is 15.6. The van der Waals surface area contributed by atoms with Crippen molar-refractivity contribution in [2.45, 2.75) is 46.6 Å². The van der Waals surface area contributed by atoms with Crippen LogP contribution in [0.1, 0.15) is 55.2 Å². The van der Waals surface area contributed by atoms with Crippen LogP contribution in [0.25, 0.3) is 0 Å². The molecule has 0 saturated heterocycles. The van der Waals surface area contributed by atoms with Crippen LogP contribution in [0.5, 0.6) is 0 Å². The zero-order chi connectivity index (χ0) is 19.4. The van der Waals surface area contributed by atoms with Gasteiger partial charge in [-0.25, -0.2) is 5.43 Å². The molecule has 138 valence electrons. The van der Waals surface area contributed by atoms with Crippen LogP contribution < -0.4 is 5.43 Å². The van der Waals surface area contributed by atoms with Gasteiger partial charge in [0, 0.05) is 0 Å². The molecule has 1 heterocycles. The maximum Gasteiger partial charge on any atom is 0.312 e. The van der Waals surface area contributed by atoms with Gasteiger partial charge < -0.3 is 0 Å². The number of nitro groups is 1. The highest BCUT2D eigenvalue weighted by molar-refractivity contribution is 5.84. The van der Waals surface area contributed by atoms with E-state index in [0.717, 1.165) is 5.56 Å². The van der Waals surface area contributed by atoms with Crippen molar-refractivity contribution in [2.75, 3.05) is 0 Å². The lowest BCUT2D eigenvalue weighted by molar-refractivity contribution is -0.386. The highest BCUT2D eigenvalue weighted by Gasteiger charge is 2.26. The average molecular weight is 357 g/mol. The summed E-state index contributed by atoms with van der Waals surface area (Å²) in [6, 6.07) is 7.18. The number of hydrogen-bond donors (Lipinski definition) is 1. The quantitative estimate of drug-likeness (QED) is 0.487. The van der Waals surface area contributed by atoms with Gasteiger partial charge in [0.25, 0.3) is 5.91 Å². The van der Waals surface area contributed by atoms with Crippen LogP contribution in [0, 0.1) is 24.0 Å². The third kappa shape index (κ3) is 4.14. The van der Waals surface area contributed by atoms with Crippen molar-refractivity contribution in [3.63, 3.8) is 0 Å². The molecule has 0 fully saturated rings. The molecule has 1 aromatic carbocycles. The molecule has 2 aromatic rings. The molecule has 8 heteroatoms. The molecule has 0 bridgehead atoms. The largest absolute Gasteiger partial charge is 0.312 e. The summed E-state index contributed by atoms with van der Waals surface area (Å²) in [7, 11) is 0. The summed E-state index contributed by atoms with van der Waals surface area (Å²) in [5, 5.41) is 19.1. The van der Waals surface area contributed by atoms with Gasteiger partial charge in [-0.15, -0.1) is 0 Å². The number of hydrazone groups is 1. The smallest absolute Gasteiger partial charge is 0.271 e. The second-order valence-electron chi connectivity index (χ2n) is 6.45. The molecule has 1 N–H and O–H groups in total. The van der Waals surface area contributed by atoms with Crippen molar-refractivity contribution >= 4 is 17.8 Å². The minimum Gasteiger partial charge on any atom is -0.271 e. The number of nitrogens with zero attached hydrogens (tertiary/aromatic N) is 4. The number of hydrogen-bond acceptors (Lipinski definition) is 5. The third-order valence-electron chi connectivity index (χ3n) is 4.21. The molecule has 1 amide bonds. The monoisotopic (exact) mass is 357 g/mol. The van der Waals surface area contributed by atoms with Gasteiger partial charge in [0.05, 0.1) is 11.1 Å². The Morgan fingerprint density at radius 1 is 1.27 bits per heavy atom. The van der Waals surface area contributed by atoms with Crippen molar-refractivity contribution in [1.29, 1.82) is 0 Å². The number of amides is 1. The molecular weight excluding hydrogens is 334 g/mol. The van der Waals surface area contributed by atoms with Crippen LogP contribution in [0.3, 0.4) is 0 Å². The Morgan fingerprint density at radius 3 is 2.38 bits per heavy atom. The third-order valence-corrected chi connectivity index (χ3v) is 4.21. The maximum absolute atomic E-state index is 12.3. The van der Waals surface area contributed by atoms with Gasteiger partial charge >= 0.3 is 5.69 Å². The van der Waals surface area contributed by atoms with Crippen molar-refractivity contribution < 1.29 is 9.72 Å². The predicted molar refractivity (Wildman–Crippen MR) is 99.3 cm³/mol. The summed E-state index contributed by atoms with van der Waals surface area (Å²) < 4.78 is 1.34.